The number of aryl methyl sites for hydroxylation is 3. The zero-order valence-electron chi connectivity index (χ0n) is 24.3. The van der Waals surface area contributed by atoms with Gasteiger partial charge in [0, 0.05) is 13.1 Å². The predicted molar refractivity (Wildman–Crippen MR) is 161 cm³/mol. The number of sulfonamides is 1. The molecule has 8 heteroatoms. The van der Waals surface area contributed by atoms with E-state index in [2.05, 4.69) is 5.32 Å². The molecule has 1 N–H and O–H groups in total. The van der Waals surface area contributed by atoms with Gasteiger partial charge in [0.1, 0.15) is 12.6 Å². The zero-order valence-corrected chi connectivity index (χ0v) is 25.2. The molecule has 7 nitrogen and oxygen atoms in total. The van der Waals surface area contributed by atoms with Crippen LogP contribution < -0.4 is 9.62 Å². The predicted octanol–water partition coefficient (Wildman–Crippen LogP) is 5.39. The van der Waals surface area contributed by atoms with E-state index in [4.69, 9.17) is 0 Å². The van der Waals surface area contributed by atoms with Crippen molar-refractivity contribution < 1.29 is 18.0 Å². The van der Waals surface area contributed by atoms with Crippen LogP contribution in [0.15, 0.2) is 77.7 Å². The second kappa shape index (κ2) is 13.6. The standard InChI is InChI=1S/C32H41N3O4S/c1-7-29(32(37)33-20-23(2)3)34(21-27-14-12-11-13-25(27)5)31(36)22-35(30-19-24(4)17-18-26(30)6)40(38,39)28-15-9-8-10-16-28/h8-19,23,29H,7,20-22H2,1-6H3,(H,33,37)/t29-/m0/s1. The molecule has 0 radical (unpaired) electrons. The van der Waals surface area contributed by atoms with E-state index in [1.807, 2.05) is 77.9 Å². The van der Waals surface area contributed by atoms with Crippen LogP contribution in [0.3, 0.4) is 0 Å². The quantitative estimate of drug-likeness (QED) is 0.320. The van der Waals surface area contributed by atoms with Crippen LogP contribution in [0, 0.1) is 26.7 Å². The Bertz CT molecular complexity index is 1420. The maximum absolute atomic E-state index is 14.2. The maximum Gasteiger partial charge on any atom is 0.264 e. The number of hydrogen-bond acceptors (Lipinski definition) is 4. The van der Waals surface area contributed by atoms with Crippen molar-refractivity contribution in [3.05, 3.63) is 95.1 Å². The maximum atomic E-state index is 14.2. The van der Waals surface area contributed by atoms with Crippen molar-refractivity contribution in [1.82, 2.24) is 10.2 Å². The number of carbonyl (C=O) groups excluding carboxylic acids is 2. The molecule has 0 aromatic heterocycles. The van der Waals surface area contributed by atoms with Crippen molar-refractivity contribution in [2.45, 2.75) is 65.4 Å². The molecule has 0 aliphatic heterocycles. The van der Waals surface area contributed by atoms with Gasteiger partial charge >= 0.3 is 0 Å². The van der Waals surface area contributed by atoms with Crippen LogP contribution in [-0.4, -0.2) is 44.3 Å². The van der Waals surface area contributed by atoms with Crippen molar-refractivity contribution in [2.24, 2.45) is 5.92 Å². The first-order chi connectivity index (χ1) is 18.9. The minimum Gasteiger partial charge on any atom is -0.354 e. The van der Waals surface area contributed by atoms with Crippen molar-refractivity contribution in [3.8, 4) is 0 Å². The molecule has 0 bridgehead atoms. The van der Waals surface area contributed by atoms with E-state index in [-0.39, 0.29) is 23.3 Å². The Labute approximate surface area is 239 Å². The fourth-order valence-electron chi connectivity index (χ4n) is 4.53. The lowest BCUT2D eigenvalue weighted by atomic mass is 10.1. The molecule has 0 spiro atoms. The average molecular weight is 564 g/mol. The lowest BCUT2D eigenvalue weighted by Gasteiger charge is -2.34. The van der Waals surface area contributed by atoms with Crippen molar-refractivity contribution >= 4 is 27.5 Å². The van der Waals surface area contributed by atoms with Crippen LogP contribution in [0.25, 0.3) is 0 Å². The van der Waals surface area contributed by atoms with Gasteiger partial charge in [-0.3, -0.25) is 13.9 Å². The molecule has 0 heterocycles. The first-order valence-corrected chi connectivity index (χ1v) is 15.2. The van der Waals surface area contributed by atoms with Crippen molar-refractivity contribution in [3.63, 3.8) is 0 Å². The summed E-state index contributed by atoms with van der Waals surface area (Å²) in [6.45, 7) is 11.8. The second-order valence-electron chi connectivity index (χ2n) is 10.6. The Morgan fingerprint density at radius 2 is 1.52 bits per heavy atom. The zero-order chi connectivity index (χ0) is 29.4. The van der Waals surface area contributed by atoms with Gasteiger partial charge in [-0.1, -0.05) is 75.4 Å². The van der Waals surface area contributed by atoms with Crippen LogP contribution in [0.1, 0.15) is 49.4 Å². The van der Waals surface area contributed by atoms with E-state index in [1.165, 1.54) is 21.3 Å². The minimum absolute atomic E-state index is 0.0934. The second-order valence-corrected chi connectivity index (χ2v) is 12.5. The number of hydrogen-bond donors (Lipinski definition) is 1. The normalized spacial score (nSPS) is 12.2. The fourth-order valence-corrected chi connectivity index (χ4v) is 6.03. The molecular weight excluding hydrogens is 522 g/mol. The summed E-state index contributed by atoms with van der Waals surface area (Å²) in [5.41, 5.74) is 3.92. The van der Waals surface area contributed by atoms with Gasteiger partial charge in [0.15, 0.2) is 0 Å². The number of amides is 2. The molecule has 0 aliphatic rings. The summed E-state index contributed by atoms with van der Waals surface area (Å²) >= 11 is 0. The molecule has 0 fully saturated rings. The first-order valence-electron chi connectivity index (χ1n) is 13.7. The molecule has 0 saturated heterocycles. The third-order valence-corrected chi connectivity index (χ3v) is 8.69. The summed E-state index contributed by atoms with van der Waals surface area (Å²) < 4.78 is 29.2. The monoisotopic (exact) mass is 563 g/mol. The van der Waals surface area contributed by atoms with E-state index >= 15 is 0 Å². The molecule has 40 heavy (non-hydrogen) atoms. The van der Waals surface area contributed by atoms with Crippen LogP contribution >= 0.6 is 0 Å². The SMILES string of the molecule is CC[C@@H](C(=O)NCC(C)C)N(Cc1ccccc1C)C(=O)CN(c1cc(C)ccc1C)S(=O)(=O)c1ccccc1. The third-order valence-electron chi connectivity index (χ3n) is 6.92. The summed E-state index contributed by atoms with van der Waals surface area (Å²) in [4.78, 5) is 29.2. The van der Waals surface area contributed by atoms with E-state index in [0.29, 0.717) is 18.7 Å². The Balaban J connectivity index is 2.09. The van der Waals surface area contributed by atoms with Crippen LogP contribution in [0.4, 0.5) is 5.69 Å². The Hall–Kier alpha value is -3.65. The number of rotatable bonds is 12. The minimum atomic E-state index is -4.09. The van der Waals surface area contributed by atoms with E-state index in [9.17, 15) is 18.0 Å². The molecular formula is C32H41N3O4S. The molecule has 1 atom stereocenters. The summed E-state index contributed by atoms with van der Waals surface area (Å²) in [5, 5.41) is 2.96. The summed E-state index contributed by atoms with van der Waals surface area (Å²) in [6.07, 6.45) is 0.385. The van der Waals surface area contributed by atoms with Crippen LogP contribution in [0.2, 0.25) is 0 Å². The van der Waals surface area contributed by atoms with E-state index < -0.39 is 28.5 Å². The first kappa shape index (κ1) is 30.9. The number of nitrogens with zero attached hydrogens (tertiary/aromatic N) is 2. The number of nitrogens with one attached hydrogen (secondary N) is 1. The van der Waals surface area contributed by atoms with E-state index in [0.717, 1.165) is 22.3 Å². The molecule has 0 unspecified atom stereocenters. The molecule has 0 saturated carbocycles. The van der Waals surface area contributed by atoms with Gasteiger partial charge in [-0.15, -0.1) is 0 Å². The largest absolute Gasteiger partial charge is 0.354 e. The average Bonchev–Trinajstić information content (AvgIpc) is 2.93. The van der Waals surface area contributed by atoms with Crippen molar-refractivity contribution in [2.75, 3.05) is 17.4 Å². The fraction of sp³-hybridized carbons (Fsp3) is 0.375. The van der Waals surface area contributed by atoms with E-state index in [1.54, 1.807) is 24.3 Å². The Kier molecular flexibility index (Phi) is 10.5. The lowest BCUT2D eigenvalue weighted by molar-refractivity contribution is -0.140. The smallest absolute Gasteiger partial charge is 0.264 e. The summed E-state index contributed by atoms with van der Waals surface area (Å²) in [5.74, 6) is -0.449. The molecule has 0 aliphatic carbocycles. The van der Waals surface area contributed by atoms with Gasteiger partial charge in [0.25, 0.3) is 10.0 Å². The molecule has 2 amide bonds. The number of carbonyl (C=O) groups is 2. The molecule has 214 valence electrons. The van der Waals surface area contributed by atoms with Gasteiger partial charge in [-0.05, 0) is 73.6 Å². The lowest BCUT2D eigenvalue weighted by Crippen LogP contribution is -2.52. The van der Waals surface area contributed by atoms with Gasteiger partial charge < -0.3 is 10.2 Å². The highest BCUT2D eigenvalue weighted by Gasteiger charge is 2.34. The highest BCUT2D eigenvalue weighted by molar-refractivity contribution is 7.92. The summed E-state index contributed by atoms with van der Waals surface area (Å²) in [6, 6.07) is 20.6. The molecule has 3 aromatic rings. The Morgan fingerprint density at radius 3 is 2.15 bits per heavy atom. The van der Waals surface area contributed by atoms with Gasteiger partial charge in [0.2, 0.25) is 11.8 Å². The van der Waals surface area contributed by atoms with Crippen LogP contribution in [0.5, 0.6) is 0 Å². The number of benzene rings is 3. The highest BCUT2D eigenvalue weighted by atomic mass is 32.2. The molecule has 3 aromatic carbocycles. The molecule has 3 rings (SSSR count). The topological polar surface area (TPSA) is 86.8 Å². The van der Waals surface area contributed by atoms with Gasteiger partial charge in [-0.25, -0.2) is 8.42 Å². The van der Waals surface area contributed by atoms with Gasteiger partial charge in [-0.2, -0.15) is 0 Å². The van der Waals surface area contributed by atoms with Gasteiger partial charge in [0.05, 0.1) is 10.6 Å². The number of anilines is 1. The highest BCUT2D eigenvalue weighted by Crippen LogP contribution is 2.28. The van der Waals surface area contributed by atoms with Crippen LogP contribution in [-0.2, 0) is 26.2 Å². The third kappa shape index (κ3) is 7.50. The van der Waals surface area contributed by atoms with Crippen molar-refractivity contribution in [1.29, 1.82) is 0 Å². The summed E-state index contributed by atoms with van der Waals surface area (Å²) in [7, 11) is -4.09. The Morgan fingerprint density at radius 1 is 0.875 bits per heavy atom.